The summed E-state index contributed by atoms with van der Waals surface area (Å²) in [7, 11) is 0. The Morgan fingerprint density at radius 1 is 1.24 bits per heavy atom. The highest BCUT2D eigenvalue weighted by atomic mass is 35.5. The van der Waals surface area contributed by atoms with Gasteiger partial charge in [0.15, 0.2) is 0 Å². The first-order valence-electron chi connectivity index (χ1n) is 7.11. The van der Waals surface area contributed by atoms with Crippen molar-refractivity contribution in [1.82, 2.24) is 10.2 Å². The summed E-state index contributed by atoms with van der Waals surface area (Å²) in [6.07, 6.45) is 2.28. The van der Waals surface area contributed by atoms with Crippen LogP contribution in [-0.2, 0) is 0 Å². The Bertz CT molecular complexity index is 477. The zero-order valence-corrected chi connectivity index (χ0v) is 13.8. The molecule has 2 N–H and O–H groups in total. The standard InChI is InChI=1S/C15H21FN2O.2ClH/c1-10-2-5-12(16)13(15(10)19)14(11-3-4-11)18-8-6-17-7-9-18;;/h2,5,11,14,17,19H,3-4,6-9H2,1H3;2*1H/t14-;;/m1../s1. The number of benzene rings is 1. The van der Waals surface area contributed by atoms with Crippen molar-refractivity contribution in [3.05, 3.63) is 29.1 Å². The van der Waals surface area contributed by atoms with Crippen LogP contribution in [-0.4, -0.2) is 36.2 Å². The number of nitrogens with one attached hydrogen (secondary N) is 1. The molecule has 0 aromatic heterocycles. The number of hydrogen-bond acceptors (Lipinski definition) is 3. The van der Waals surface area contributed by atoms with Crippen LogP contribution in [0.3, 0.4) is 0 Å². The predicted octanol–water partition coefficient (Wildman–Crippen LogP) is 3.04. The molecule has 1 atom stereocenters. The molecule has 1 aromatic rings. The van der Waals surface area contributed by atoms with E-state index in [1.807, 2.05) is 6.92 Å². The largest absolute Gasteiger partial charge is 0.507 e. The van der Waals surface area contributed by atoms with Gasteiger partial charge in [-0.15, -0.1) is 24.8 Å². The van der Waals surface area contributed by atoms with Crippen molar-refractivity contribution in [2.45, 2.75) is 25.8 Å². The quantitative estimate of drug-likeness (QED) is 0.890. The molecular formula is C15H23Cl2FN2O. The van der Waals surface area contributed by atoms with Crippen LogP contribution in [0.5, 0.6) is 5.75 Å². The average molecular weight is 337 g/mol. The SMILES string of the molecule is Cc1ccc(F)c([C@@H](C2CC2)N2CCNCC2)c1O.Cl.Cl. The number of nitrogens with zero attached hydrogens (tertiary/aromatic N) is 1. The first-order chi connectivity index (χ1) is 9.18. The fourth-order valence-electron chi connectivity index (χ4n) is 3.06. The lowest BCUT2D eigenvalue weighted by atomic mass is 9.96. The third-order valence-electron chi connectivity index (χ3n) is 4.27. The lowest BCUT2D eigenvalue weighted by Crippen LogP contribution is -2.45. The molecule has 1 aliphatic heterocycles. The van der Waals surface area contributed by atoms with Gasteiger partial charge in [-0.2, -0.15) is 0 Å². The highest BCUT2D eigenvalue weighted by Crippen LogP contribution is 2.48. The molecule has 3 rings (SSSR count). The maximum absolute atomic E-state index is 14.2. The zero-order valence-electron chi connectivity index (χ0n) is 12.1. The first-order valence-corrected chi connectivity index (χ1v) is 7.11. The second-order valence-electron chi connectivity index (χ2n) is 5.69. The van der Waals surface area contributed by atoms with Gasteiger partial charge in [0.2, 0.25) is 0 Å². The molecule has 2 fully saturated rings. The van der Waals surface area contributed by atoms with Crippen LogP contribution >= 0.6 is 24.8 Å². The Hall–Kier alpha value is -0.550. The molecule has 3 nitrogen and oxygen atoms in total. The minimum Gasteiger partial charge on any atom is -0.507 e. The van der Waals surface area contributed by atoms with Crippen molar-refractivity contribution in [3.63, 3.8) is 0 Å². The second-order valence-corrected chi connectivity index (χ2v) is 5.69. The lowest BCUT2D eigenvalue weighted by Gasteiger charge is -2.36. The van der Waals surface area contributed by atoms with Crippen LogP contribution in [0.4, 0.5) is 4.39 Å². The summed E-state index contributed by atoms with van der Waals surface area (Å²) in [5.41, 5.74) is 1.28. The van der Waals surface area contributed by atoms with Gasteiger partial charge in [-0.05, 0) is 37.3 Å². The van der Waals surface area contributed by atoms with Gasteiger partial charge in [0.1, 0.15) is 11.6 Å². The summed E-state index contributed by atoms with van der Waals surface area (Å²) in [4.78, 5) is 2.33. The van der Waals surface area contributed by atoms with E-state index in [4.69, 9.17) is 0 Å². The van der Waals surface area contributed by atoms with Crippen molar-refractivity contribution in [1.29, 1.82) is 0 Å². The van der Waals surface area contributed by atoms with Gasteiger partial charge >= 0.3 is 0 Å². The van der Waals surface area contributed by atoms with Gasteiger partial charge in [0.05, 0.1) is 0 Å². The van der Waals surface area contributed by atoms with Gasteiger partial charge in [-0.1, -0.05) is 6.07 Å². The highest BCUT2D eigenvalue weighted by molar-refractivity contribution is 5.85. The summed E-state index contributed by atoms with van der Waals surface area (Å²) in [6, 6.07) is 3.18. The van der Waals surface area contributed by atoms with E-state index in [2.05, 4.69) is 10.2 Å². The normalized spacial score (nSPS) is 20.3. The summed E-state index contributed by atoms with van der Waals surface area (Å²) in [6.45, 7) is 5.57. The summed E-state index contributed by atoms with van der Waals surface area (Å²) < 4.78 is 14.2. The Kier molecular flexibility index (Phi) is 6.72. The van der Waals surface area contributed by atoms with E-state index < -0.39 is 0 Å². The lowest BCUT2D eigenvalue weighted by molar-refractivity contribution is 0.150. The molecule has 0 unspecified atom stereocenters. The van der Waals surface area contributed by atoms with Crippen molar-refractivity contribution < 1.29 is 9.50 Å². The average Bonchev–Trinajstić information content (AvgIpc) is 3.24. The number of phenols is 1. The topological polar surface area (TPSA) is 35.5 Å². The minimum absolute atomic E-state index is 0. The summed E-state index contributed by atoms with van der Waals surface area (Å²) in [5, 5.41) is 13.6. The molecule has 0 bridgehead atoms. The molecule has 0 radical (unpaired) electrons. The van der Waals surface area contributed by atoms with Crippen molar-refractivity contribution in [3.8, 4) is 5.75 Å². The van der Waals surface area contributed by atoms with Gasteiger partial charge < -0.3 is 10.4 Å². The van der Waals surface area contributed by atoms with Crippen molar-refractivity contribution in [2.24, 2.45) is 5.92 Å². The van der Waals surface area contributed by atoms with E-state index in [9.17, 15) is 9.50 Å². The van der Waals surface area contributed by atoms with E-state index in [1.54, 1.807) is 6.07 Å². The molecule has 1 saturated carbocycles. The number of hydrogen-bond donors (Lipinski definition) is 2. The molecular weight excluding hydrogens is 314 g/mol. The van der Waals surface area contributed by atoms with Gasteiger partial charge in [-0.25, -0.2) is 4.39 Å². The molecule has 0 spiro atoms. The van der Waals surface area contributed by atoms with E-state index in [0.29, 0.717) is 11.5 Å². The van der Waals surface area contributed by atoms with Crippen LogP contribution in [0.1, 0.15) is 30.0 Å². The molecule has 1 heterocycles. The molecule has 1 aromatic carbocycles. The third kappa shape index (κ3) is 3.81. The van der Waals surface area contributed by atoms with Crippen molar-refractivity contribution >= 4 is 24.8 Å². The first kappa shape index (κ1) is 18.5. The van der Waals surface area contributed by atoms with E-state index in [-0.39, 0.29) is 42.4 Å². The molecule has 21 heavy (non-hydrogen) atoms. The van der Waals surface area contributed by atoms with Crippen molar-refractivity contribution in [2.75, 3.05) is 26.2 Å². The van der Waals surface area contributed by atoms with Crippen LogP contribution in [0.2, 0.25) is 0 Å². The van der Waals surface area contributed by atoms with Gasteiger partial charge in [0, 0.05) is 37.8 Å². The number of rotatable bonds is 3. The van der Waals surface area contributed by atoms with Crippen LogP contribution in [0.15, 0.2) is 12.1 Å². The van der Waals surface area contributed by atoms with E-state index in [1.165, 1.54) is 6.07 Å². The Labute approximate surface area is 137 Å². The second kappa shape index (κ2) is 7.63. The summed E-state index contributed by atoms with van der Waals surface area (Å²) >= 11 is 0. The summed E-state index contributed by atoms with van der Waals surface area (Å²) in [5.74, 6) is 0.384. The Morgan fingerprint density at radius 3 is 2.43 bits per heavy atom. The molecule has 120 valence electrons. The van der Waals surface area contributed by atoms with Crippen LogP contribution < -0.4 is 5.32 Å². The zero-order chi connectivity index (χ0) is 13.4. The maximum Gasteiger partial charge on any atom is 0.131 e. The number of halogens is 3. The molecule has 6 heteroatoms. The molecule has 2 aliphatic rings. The maximum atomic E-state index is 14.2. The molecule has 0 amide bonds. The molecule has 1 saturated heterocycles. The van der Waals surface area contributed by atoms with Crippen LogP contribution in [0, 0.1) is 18.7 Å². The van der Waals surface area contributed by atoms with E-state index >= 15 is 0 Å². The van der Waals surface area contributed by atoms with Gasteiger partial charge in [0.25, 0.3) is 0 Å². The minimum atomic E-state index is -0.265. The molecule has 1 aliphatic carbocycles. The van der Waals surface area contributed by atoms with Crippen LogP contribution in [0.25, 0.3) is 0 Å². The highest BCUT2D eigenvalue weighted by Gasteiger charge is 2.39. The Morgan fingerprint density at radius 2 is 1.86 bits per heavy atom. The number of aryl methyl sites for hydroxylation is 1. The number of aromatic hydroxyl groups is 1. The smallest absolute Gasteiger partial charge is 0.131 e. The van der Waals surface area contributed by atoms with E-state index in [0.717, 1.165) is 44.6 Å². The number of piperazine rings is 1. The number of phenolic OH excluding ortho intramolecular Hbond substituents is 1. The Balaban J connectivity index is 0.00000110. The third-order valence-corrected chi connectivity index (χ3v) is 4.27. The van der Waals surface area contributed by atoms with Gasteiger partial charge in [-0.3, -0.25) is 4.90 Å². The fourth-order valence-corrected chi connectivity index (χ4v) is 3.06. The predicted molar refractivity (Wildman–Crippen MR) is 87.2 cm³/mol. The fraction of sp³-hybridized carbons (Fsp3) is 0.600. The monoisotopic (exact) mass is 336 g/mol.